The Hall–Kier alpha value is -2.36. The number of likely N-dealkylation sites (tertiary alicyclic amines) is 1. The number of carbonyl (C=O) groups is 2. The molecule has 3 amide bonds. The van der Waals surface area contributed by atoms with E-state index in [4.69, 9.17) is 5.73 Å². The molecule has 2 heterocycles. The highest BCUT2D eigenvalue weighted by atomic mass is 32.1. The van der Waals surface area contributed by atoms with Crippen molar-refractivity contribution in [1.82, 2.24) is 20.0 Å². The van der Waals surface area contributed by atoms with Gasteiger partial charge >= 0.3 is 12.2 Å². The lowest BCUT2D eigenvalue weighted by Crippen LogP contribution is -2.58. The van der Waals surface area contributed by atoms with Gasteiger partial charge in [-0.25, -0.2) is 4.79 Å². The number of fused-ring (bicyclic) bond motifs is 2. The van der Waals surface area contributed by atoms with E-state index >= 15 is 0 Å². The zero-order chi connectivity index (χ0) is 27.7. The number of anilines is 1. The maximum absolute atomic E-state index is 13.5. The van der Waals surface area contributed by atoms with E-state index in [1.54, 1.807) is 6.92 Å². The first-order chi connectivity index (χ1) is 17.2. The van der Waals surface area contributed by atoms with E-state index in [-0.39, 0.29) is 24.4 Å². The second kappa shape index (κ2) is 11.2. The van der Waals surface area contributed by atoms with Crippen molar-refractivity contribution in [2.45, 2.75) is 52.3 Å². The summed E-state index contributed by atoms with van der Waals surface area (Å²) in [4.78, 5) is 31.8. The normalized spacial score (nSPS) is 22.2. The Kier molecular flexibility index (Phi) is 8.82. The fourth-order valence-corrected chi connectivity index (χ4v) is 6.95. The van der Waals surface area contributed by atoms with Crippen molar-refractivity contribution in [3.05, 3.63) is 16.0 Å². The van der Waals surface area contributed by atoms with Crippen LogP contribution < -0.4 is 11.1 Å². The smallest absolute Gasteiger partial charge is 0.389 e. The number of halogens is 3. The standard InChI is InChI=1S/C25H37F3N6O2S/c1-6-34(23(36)31-12-24(2,3)13-32(4)5)22(35)16-7-15-8-17-18(10-29)21(30)37-20(17)9-19(15)33(11-16)14-25(26,27)28/h15-16,19H,6-9,11-14,30H2,1-5H3,(H,31,36)/t15-,16-,19-/m1/s1. The SMILES string of the molecule is CCN(C(=O)NCC(C)(C)CN(C)C)C(=O)[C@@H]1C[C@@H]2Cc3c(sc(N)c3C#N)C[C@H]2N(CC(F)(F)F)C1. The van der Waals surface area contributed by atoms with Crippen LogP contribution in [0.2, 0.25) is 0 Å². The molecule has 0 unspecified atom stereocenters. The van der Waals surface area contributed by atoms with Crippen molar-refractivity contribution >= 4 is 28.3 Å². The van der Waals surface area contributed by atoms with Gasteiger partial charge in [0.15, 0.2) is 0 Å². The summed E-state index contributed by atoms with van der Waals surface area (Å²) in [6.07, 6.45) is -3.31. The molecule has 3 rings (SSSR count). The predicted octanol–water partition coefficient (Wildman–Crippen LogP) is 3.32. The molecule has 1 aliphatic heterocycles. The van der Waals surface area contributed by atoms with Gasteiger partial charge in [-0.2, -0.15) is 18.4 Å². The second-order valence-corrected chi connectivity index (χ2v) is 12.3. The van der Waals surface area contributed by atoms with Gasteiger partial charge in [-0.05, 0) is 57.2 Å². The van der Waals surface area contributed by atoms with Gasteiger partial charge in [0.2, 0.25) is 5.91 Å². The van der Waals surface area contributed by atoms with Crippen molar-refractivity contribution in [2.75, 3.05) is 52.6 Å². The Morgan fingerprint density at radius 3 is 2.51 bits per heavy atom. The van der Waals surface area contributed by atoms with Crippen LogP contribution in [-0.2, 0) is 17.6 Å². The lowest BCUT2D eigenvalue weighted by molar-refractivity contribution is -0.164. The van der Waals surface area contributed by atoms with E-state index in [9.17, 15) is 28.0 Å². The van der Waals surface area contributed by atoms with Crippen LogP contribution >= 0.6 is 11.3 Å². The summed E-state index contributed by atoms with van der Waals surface area (Å²) in [6, 6.07) is 1.18. The van der Waals surface area contributed by atoms with Crippen molar-refractivity contribution in [3.63, 3.8) is 0 Å². The minimum atomic E-state index is -4.43. The second-order valence-electron chi connectivity index (χ2n) is 11.2. The number of urea groups is 1. The zero-order valence-electron chi connectivity index (χ0n) is 22.1. The molecule has 2 aliphatic rings. The number of nitrogen functional groups attached to an aromatic ring is 1. The summed E-state index contributed by atoms with van der Waals surface area (Å²) in [5.74, 6) is -1.47. The molecule has 3 atom stereocenters. The molecule has 1 aliphatic carbocycles. The van der Waals surface area contributed by atoms with Crippen LogP contribution in [0, 0.1) is 28.6 Å². The number of thiophene rings is 1. The molecular formula is C25H37F3N6O2S. The van der Waals surface area contributed by atoms with Crippen molar-refractivity contribution < 1.29 is 22.8 Å². The third-order valence-corrected chi connectivity index (χ3v) is 8.25. The van der Waals surface area contributed by atoms with Gasteiger partial charge in [0.05, 0.1) is 18.0 Å². The highest BCUT2D eigenvalue weighted by Crippen LogP contribution is 2.44. The molecule has 0 radical (unpaired) electrons. The largest absolute Gasteiger partial charge is 0.401 e. The van der Waals surface area contributed by atoms with E-state index in [0.717, 1.165) is 21.9 Å². The maximum atomic E-state index is 13.5. The quantitative estimate of drug-likeness (QED) is 0.548. The number of piperidine rings is 1. The number of nitrogens with two attached hydrogens (primary N) is 1. The number of hydrogen-bond acceptors (Lipinski definition) is 7. The number of imide groups is 1. The molecule has 1 aromatic heterocycles. The highest BCUT2D eigenvalue weighted by Gasteiger charge is 2.47. The number of carbonyl (C=O) groups excluding carboxylic acids is 2. The number of nitrogens with zero attached hydrogens (tertiary/aromatic N) is 4. The fourth-order valence-electron chi connectivity index (χ4n) is 5.85. The van der Waals surface area contributed by atoms with E-state index in [0.29, 0.717) is 36.4 Å². The lowest BCUT2D eigenvalue weighted by atomic mass is 9.73. The molecule has 0 bridgehead atoms. The molecule has 1 fully saturated rings. The van der Waals surface area contributed by atoms with Gasteiger partial charge < -0.3 is 16.0 Å². The molecule has 12 heteroatoms. The summed E-state index contributed by atoms with van der Waals surface area (Å²) in [5.41, 5.74) is 6.96. The first-order valence-corrected chi connectivity index (χ1v) is 13.3. The highest BCUT2D eigenvalue weighted by molar-refractivity contribution is 7.16. The summed E-state index contributed by atoms with van der Waals surface area (Å²) >= 11 is 1.26. The van der Waals surface area contributed by atoms with Crippen molar-refractivity contribution in [2.24, 2.45) is 17.3 Å². The van der Waals surface area contributed by atoms with Crippen molar-refractivity contribution in [1.29, 1.82) is 5.26 Å². The number of amides is 3. The Morgan fingerprint density at radius 1 is 1.27 bits per heavy atom. The van der Waals surface area contributed by atoms with Gasteiger partial charge in [-0.1, -0.05) is 13.8 Å². The number of hydrogen-bond donors (Lipinski definition) is 2. The van der Waals surface area contributed by atoms with E-state index in [2.05, 4.69) is 11.4 Å². The molecule has 8 nitrogen and oxygen atoms in total. The minimum absolute atomic E-state index is 0.0727. The molecule has 37 heavy (non-hydrogen) atoms. The number of nitriles is 1. The average Bonchev–Trinajstić information content (AvgIpc) is 3.08. The topological polar surface area (TPSA) is 106 Å². The van der Waals surface area contributed by atoms with Crippen LogP contribution in [0.15, 0.2) is 0 Å². The summed E-state index contributed by atoms with van der Waals surface area (Å²) in [7, 11) is 3.87. The fraction of sp³-hybridized carbons (Fsp3) is 0.720. The van der Waals surface area contributed by atoms with Crippen LogP contribution in [0.25, 0.3) is 0 Å². The van der Waals surface area contributed by atoms with Crippen LogP contribution in [0.1, 0.15) is 43.2 Å². The van der Waals surface area contributed by atoms with Crippen LogP contribution in [0.3, 0.4) is 0 Å². The molecule has 1 saturated heterocycles. The Balaban J connectivity index is 1.80. The lowest BCUT2D eigenvalue weighted by Gasteiger charge is -2.47. The first-order valence-electron chi connectivity index (χ1n) is 12.5. The van der Waals surface area contributed by atoms with Gasteiger partial charge in [0, 0.05) is 37.1 Å². The van der Waals surface area contributed by atoms with Gasteiger partial charge in [-0.3, -0.25) is 14.6 Å². The molecule has 0 aromatic carbocycles. The third-order valence-electron chi connectivity index (χ3n) is 7.17. The van der Waals surface area contributed by atoms with Crippen LogP contribution in [-0.4, -0.2) is 85.7 Å². The van der Waals surface area contributed by atoms with Crippen molar-refractivity contribution in [3.8, 4) is 6.07 Å². The molecule has 1 aromatic rings. The molecule has 206 valence electrons. The Labute approximate surface area is 220 Å². The van der Waals surface area contributed by atoms with E-state index < -0.39 is 36.6 Å². The third kappa shape index (κ3) is 6.94. The Bertz CT molecular complexity index is 1050. The number of rotatable bonds is 7. The number of alkyl halides is 3. The monoisotopic (exact) mass is 542 g/mol. The zero-order valence-corrected chi connectivity index (χ0v) is 22.9. The average molecular weight is 543 g/mol. The minimum Gasteiger partial charge on any atom is -0.389 e. The van der Waals surface area contributed by atoms with Gasteiger partial charge in [0.1, 0.15) is 11.1 Å². The van der Waals surface area contributed by atoms with Crippen LogP contribution in [0.5, 0.6) is 0 Å². The van der Waals surface area contributed by atoms with E-state index in [1.807, 2.05) is 32.8 Å². The molecule has 0 saturated carbocycles. The molecular weight excluding hydrogens is 505 g/mol. The summed E-state index contributed by atoms with van der Waals surface area (Å²) in [6.45, 7) is 5.69. The summed E-state index contributed by atoms with van der Waals surface area (Å²) < 4.78 is 40.6. The molecule has 3 N–H and O–H groups in total. The number of nitrogens with one attached hydrogen (secondary N) is 1. The first kappa shape index (κ1) is 29.2. The van der Waals surface area contributed by atoms with Gasteiger partial charge in [-0.15, -0.1) is 11.3 Å². The van der Waals surface area contributed by atoms with E-state index in [1.165, 1.54) is 16.2 Å². The van der Waals surface area contributed by atoms with Gasteiger partial charge in [0.25, 0.3) is 0 Å². The Morgan fingerprint density at radius 2 is 1.95 bits per heavy atom. The summed E-state index contributed by atoms with van der Waals surface area (Å²) in [5, 5.41) is 12.8. The predicted molar refractivity (Wildman–Crippen MR) is 137 cm³/mol. The maximum Gasteiger partial charge on any atom is 0.401 e. The van der Waals surface area contributed by atoms with Crippen LogP contribution in [0.4, 0.5) is 23.0 Å². The molecule has 0 spiro atoms.